The molecule has 8 nitrogen and oxygen atoms in total. The van der Waals surface area contributed by atoms with E-state index in [4.69, 9.17) is 4.42 Å². The van der Waals surface area contributed by atoms with Gasteiger partial charge in [-0.1, -0.05) is 12.1 Å². The highest BCUT2D eigenvalue weighted by Gasteiger charge is 2.30. The first-order chi connectivity index (χ1) is 14.1. The third-order valence-electron chi connectivity index (χ3n) is 5.63. The number of rotatable bonds is 2. The van der Waals surface area contributed by atoms with E-state index in [-0.39, 0.29) is 24.3 Å². The van der Waals surface area contributed by atoms with E-state index in [9.17, 15) is 9.59 Å². The van der Waals surface area contributed by atoms with Crippen LogP contribution in [0.1, 0.15) is 35.0 Å². The number of para-hydroxylation sites is 2. The van der Waals surface area contributed by atoms with Gasteiger partial charge in [0, 0.05) is 26.3 Å². The molecule has 0 saturated carbocycles. The van der Waals surface area contributed by atoms with Gasteiger partial charge in [-0.3, -0.25) is 9.59 Å². The summed E-state index contributed by atoms with van der Waals surface area (Å²) in [6.07, 6.45) is 3.38. The zero-order valence-electron chi connectivity index (χ0n) is 16.1. The Labute approximate surface area is 167 Å². The number of aromatic nitrogens is 2. The molecular formula is C21H21N5O3. The van der Waals surface area contributed by atoms with Crippen molar-refractivity contribution in [3.63, 3.8) is 0 Å². The van der Waals surface area contributed by atoms with Gasteiger partial charge >= 0.3 is 0 Å². The van der Waals surface area contributed by atoms with E-state index in [0.29, 0.717) is 36.0 Å². The Kier molecular flexibility index (Phi) is 4.19. The van der Waals surface area contributed by atoms with E-state index in [1.165, 1.54) is 4.90 Å². The van der Waals surface area contributed by atoms with Crippen LogP contribution in [0.3, 0.4) is 0 Å². The van der Waals surface area contributed by atoms with Gasteiger partial charge < -0.3 is 19.5 Å². The van der Waals surface area contributed by atoms with E-state index in [2.05, 4.69) is 15.3 Å². The third-order valence-corrected chi connectivity index (χ3v) is 5.63. The Bertz CT molecular complexity index is 1080. The average Bonchev–Trinajstić information content (AvgIpc) is 3.20. The Morgan fingerprint density at radius 2 is 2.17 bits per heavy atom. The van der Waals surface area contributed by atoms with Crippen molar-refractivity contribution in [1.82, 2.24) is 14.9 Å². The molecular weight excluding hydrogens is 370 g/mol. The number of hydrogen-bond donors (Lipinski definition) is 1. The lowest BCUT2D eigenvalue weighted by atomic mass is 9.97. The minimum absolute atomic E-state index is 0.0575. The zero-order chi connectivity index (χ0) is 20.0. The maximum absolute atomic E-state index is 13.1. The van der Waals surface area contributed by atoms with Gasteiger partial charge in [-0.15, -0.1) is 0 Å². The Hall–Kier alpha value is -3.42. The molecule has 148 valence electrons. The molecule has 5 rings (SSSR count). The highest BCUT2D eigenvalue weighted by atomic mass is 16.3. The van der Waals surface area contributed by atoms with Crippen molar-refractivity contribution >= 4 is 34.4 Å². The third kappa shape index (κ3) is 3.10. The normalized spacial score (nSPS) is 19.2. The number of piperidine rings is 1. The second kappa shape index (κ2) is 6.88. The number of pyridine rings is 1. The topological polar surface area (TPSA) is 91.6 Å². The minimum Gasteiger partial charge on any atom is -0.440 e. The lowest BCUT2D eigenvalue weighted by molar-refractivity contribution is -0.116. The van der Waals surface area contributed by atoms with Gasteiger partial charge in [0.2, 0.25) is 5.91 Å². The van der Waals surface area contributed by atoms with Crippen LogP contribution >= 0.6 is 0 Å². The van der Waals surface area contributed by atoms with Gasteiger partial charge in [-0.25, -0.2) is 9.97 Å². The van der Waals surface area contributed by atoms with Crippen LogP contribution in [-0.4, -0.2) is 53.4 Å². The number of nitrogens with one attached hydrogen (secondary N) is 1. The van der Waals surface area contributed by atoms with Gasteiger partial charge in [0.05, 0.1) is 23.7 Å². The summed E-state index contributed by atoms with van der Waals surface area (Å²) in [6, 6.07) is 9.43. The molecule has 0 spiro atoms. The molecule has 2 aromatic heterocycles. The number of carbonyl (C=O) groups excluding carboxylic acids is 2. The van der Waals surface area contributed by atoms with Crippen LogP contribution in [0.25, 0.3) is 11.1 Å². The van der Waals surface area contributed by atoms with Crippen molar-refractivity contribution in [2.75, 3.05) is 36.9 Å². The molecule has 1 saturated heterocycles. The van der Waals surface area contributed by atoms with E-state index in [0.717, 1.165) is 23.9 Å². The van der Waals surface area contributed by atoms with Gasteiger partial charge in [0.1, 0.15) is 11.3 Å². The van der Waals surface area contributed by atoms with Crippen LogP contribution < -0.4 is 10.2 Å². The molecule has 29 heavy (non-hydrogen) atoms. The summed E-state index contributed by atoms with van der Waals surface area (Å²) in [5.41, 5.74) is 2.71. The van der Waals surface area contributed by atoms with Crippen molar-refractivity contribution in [2.45, 2.75) is 18.8 Å². The molecule has 1 fully saturated rings. The fraction of sp³-hybridized carbons (Fsp3) is 0.333. The van der Waals surface area contributed by atoms with Crippen molar-refractivity contribution in [2.24, 2.45) is 0 Å². The summed E-state index contributed by atoms with van der Waals surface area (Å²) in [5.74, 6) is 1.22. The molecule has 3 aromatic rings. The van der Waals surface area contributed by atoms with E-state index in [1.54, 1.807) is 19.3 Å². The number of oxazole rings is 1. The number of likely N-dealkylation sites (N-methyl/N-ethyl adjacent to an activating group) is 1. The molecule has 0 aliphatic carbocycles. The number of likely N-dealkylation sites (tertiary alicyclic amines) is 1. The lowest BCUT2D eigenvalue weighted by Crippen LogP contribution is -2.40. The highest BCUT2D eigenvalue weighted by Crippen LogP contribution is 2.31. The number of fused-ring (bicyclic) bond motifs is 2. The summed E-state index contributed by atoms with van der Waals surface area (Å²) in [4.78, 5) is 37.4. The van der Waals surface area contributed by atoms with Crippen LogP contribution in [0.2, 0.25) is 0 Å². The van der Waals surface area contributed by atoms with Crippen LogP contribution in [0.15, 0.2) is 40.9 Å². The first-order valence-electron chi connectivity index (χ1n) is 9.75. The predicted octanol–water partition coefficient (Wildman–Crippen LogP) is 2.63. The fourth-order valence-electron chi connectivity index (χ4n) is 3.98. The predicted molar refractivity (Wildman–Crippen MR) is 108 cm³/mol. The zero-order valence-corrected chi connectivity index (χ0v) is 16.1. The first kappa shape index (κ1) is 17.7. The largest absolute Gasteiger partial charge is 0.440 e. The summed E-state index contributed by atoms with van der Waals surface area (Å²) >= 11 is 0. The van der Waals surface area contributed by atoms with E-state index in [1.807, 2.05) is 29.2 Å². The van der Waals surface area contributed by atoms with E-state index < -0.39 is 0 Å². The molecule has 1 aromatic carbocycles. The Morgan fingerprint density at radius 3 is 3.03 bits per heavy atom. The SMILES string of the molecule is CN1C(=O)CNc2ncc(C(=O)N3CCCC(c4nc5ccccc5o4)C3)cc21. The van der Waals surface area contributed by atoms with E-state index >= 15 is 0 Å². The molecule has 4 heterocycles. The van der Waals surface area contributed by atoms with Crippen molar-refractivity contribution in [3.05, 3.63) is 48.0 Å². The van der Waals surface area contributed by atoms with Crippen LogP contribution in [0.5, 0.6) is 0 Å². The number of carbonyl (C=O) groups is 2. The fourth-order valence-corrected chi connectivity index (χ4v) is 3.98. The maximum atomic E-state index is 13.1. The van der Waals surface area contributed by atoms with Gasteiger partial charge in [-0.05, 0) is 31.0 Å². The molecule has 2 aliphatic rings. The summed E-state index contributed by atoms with van der Waals surface area (Å²) < 4.78 is 5.93. The lowest BCUT2D eigenvalue weighted by Gasteiger charge is -2.32. The molecule has 0 radical (unpaired) electrons. The maximum Gasteiger partial charge on any atom is 0.255 e. The molecule has 1 atom stereocenters. The number of benzene rings is 1. The minimum atomic E-state index is -0.0902. The number of hydrogen-bond acceptors (Lipinski definition) is 6. The molecule has 8 heteroatoms. The van der Waals surface area contributed by atoms with Crippen molar-refractivity contribution < 1.29 is 14.0 Å². The van der Waals surface area contributed by atoms with Crippen LogP contribution in [-0.2, 0) is 4.79 Å². The number of nitrogens with zero attached hydrogens (tertiary/aromatic N) is 4. The van der Waals surface area contributed by atoms with Crippen molar-refractivity contribution in [1.29, 1.82) is 0 Å². The van der Waals surface area contributed by atoms with Gasteiger partial charge in [0.25, 0.3) is 5.91 Å². The summed E-state index contributed by atoms with van der Waals surface area (Å²) in [6.45, 7) is 1.44. The Balaban J connectivity index is 1.38. The van der Waals surface area contributed by atoms with Gasteiger partial charge in [-0.2, -0.15) is 0 Å². The number of amides is 2. The van der Waals surface area contributed by atoms with Gasteiger partial charge in [0.15, 0.2) is 11.5 Å². The number of anilines is 2. The quantitative estimate of drug-likeness (QED) is 0.722. The standard InChI is InChI=1S/C21H21N5O3/c1-25-16-9-14(10-22-19(16)23-11-18(25)27)21(28)26-8-4-5-13(12-26)20-24-15-6-2-3-7-17(15)29-20/h2-3,6-7,9-10,13H,4-5,8,11-12H2,1H3,(H,22,23). The monoisotopic (exact) mass is 391 g/mol. The second-order valence-corrected chi connectivity index (χ2v) is 7.51. The van der Waals surface area contributed by atoms with Crippen LogP contribution in [0.4, 0.5) is 11.5 Å². The van der Waals surface area contributed by atoms with Crippen LogP contribution in [0, 0.1) is 0 Å². The highest BCUT2D eigenvalue weighted by molar-refractivity contribution is 6.03. The molecule has 1 N–H and O–H groups in total. The molecule has 1 unspecified atom stereocenters. The Morgan fingerprint density at radius 1 is 1.31 bits per heavy atom. The smallest absolute Gasteiger partial charge is 0.255 e. The van der Waals surface area contributed by atoms with Crippen molar-refractivity contribution in [3.8, 4) is 0 Å². The summed E-state index contributed by atoms with van der Waals surface area (Å²) in [5, 5.41) is 2.98. The average molecular weight is 391 g/mol. The molecule has 0 bridgehead atoms. The summed E-state index contributed by atoms with van der Waals surface area (Å²) in [7, 11) is 1.70. The molecule has 2 amide bonds. The first-order valence-corrected chi connectivity index (χ1v) is 9.75. The molecule has 2 aliphatic heterocycles. The second-order valence-electron chi connectivity index (χ2n) is 7.51.